The van der Waals surface area contributed by atoms with E-state index in [1.807, 2.05) is 0 Å². The molecule has 0 bridgehead atoms. The molecule has 0 amide bonds. The van der Waals surface area contributed by atoms with Crippen molar-refractivity contribution >= 4 is 11.0 Å². The molecule has 0 saturated carbocycles. The quantitative estimate of drug-likeness (QED) is 0.915. The molecule has 2 heterocycles. The lowest BCUT2D eigenvalue weighted by atomic mass is 10.0. The Balaban J connectivity index is 1.98. The summed E-state index contributed by atoms with van der Waals surface area (Å²) in [4.78, 5) is 4.82. The standard InChI is InChI=1S/C16H23N3/c1-11(2)9-16-18-14-10-12(13-5-4-8-17-13)6-7-15(14)19(16)3/h6-7,10-11,13,17H,4-5,8-9H2,1-3H3. The lowest BCUT2D eigenvalue weighted by Crippen LogP contribution is -2.12. The SMILES string of the molecule is CC(C)Cc1nc2cc(C3CCCN3)ccc2n1C. The van der Waals surface area contributed by atoms with Crippen LogP contribution in [0.5, 0.6) is 0 Å². The third-order valence-electron chi connectivity index (χ3n) is 4.05. The highest BCUT2D eigenvalue weighted by Crippen LogP contribution is 2.26. The molecule has 3 rings (SSSR count). The van der Waals surface area contributed by atoms with E-state index < -0.39 is 0 Å². The number of aryl methyl sites for hydroxylation is 1. The molecule has 0 spiro atoms. The summed E-state index contributed by atoms with van der Waals surface area (Å²) in [6.45, 7) is 5.63. The minimum Gasteiger partial charge on any atom is -0.331 e. The molecule has 1 fully saturated rings. The zero-order chi connectivity index (χ0) is 13.4. The van der Waals surface area contributed by atoms with E-state index >= 15 is 0 Å². The molecule has 2 aromatic rings. The predicted molar refractivity (Wildman–Crippen MR) is 79.2 cm³/mol. The van der Waals surface area contributed by atoms with Gasteiger partial charge < -0.3 is 9.88 Å². The van der Waals surface area contributed by atoms with Gasteiger partial charge in [-0.15, -0.1) is 0 Å². The first-order chi connectivity index (χ1) is 9.15. The molecule has 1 unspecified atom stereocenters. The molecular formula is C16H23N3. The summed E-state index contributed by atoms with van der Waals surface area (Å²) in [7, 11) is 2.13. The predicted octanol–water partition coefficient (Wildman–Crippen LogP) is 3.20. The number of hydrogen-bond donors (Lipinski definition) is 1. The summed E-state index contributed by atoms with van der Waals surface area (Å²) in [6, 6.07) is 7.27. The molecule has 1 atom stereocenters. The van der Waals surface area contributed by atoms with Crippen LogP contribution in [0.4, 0.5) is 0 Å². The number of benzene rings is 1. The summed E-state index contributed by atoms with van der Waals surface area (Å²) in [6.07, 6.45) is 3.57. The second kappa shape index (κ2) is 4.97. The van der Waals surface area contributed by atoms with Crippen LogP contribution in [0.3, 0.4) is 0 Å². The Morgan fingerprint density at radius 2 is 2.26 bits per heavy atom. The smallest absolute Gasteiger partial charge is 0.109 e. The third kappa shape index (κ3) is 2.39. The van der Waals surface area contributed by atoms with Gasteiger partial charge in [-0.05, 0) is 43.0 Å². The number of hydrogen-bond acceptors (Lipinski definition) is 2. The lowest BCUT2D eigenvalue weighted by molar-refractivity contribution is 0.606. The molecular weight excluding hydrogens is 234 g/mol. The fourth-order valence-corrected chi connectivity index (χ4v) is 3.00. The van der Waals surface area contributed by atoms with Crippen LogP contribution in [0.1, 0.15) is 44.1 Å². The van der Waals surface area contributed by atoms with Gasteiger partial charge in [0, 0.05) is 19.5 Å². The Morgan fingerprint density at radius 3 is 2.95 bits per heavy atom. The van der Waals surface area contributed by atoms with Crippen LogP contribution in [-0.2, 0) is 13.5 Å². The molecule has 1 aromatic heterocycles. The Hall–Kier alpha value is -1.35. The van der Waals surface area contributed by atoms with E-state index in [1.165, 1.54) is 29.7 Å². The first-order valence-corrected chi connectivity index (χ1v) is 7.34. The van der Waals surface area contributed by atoms with Gasteiger partial charge in [0.2, 0.25) is 0 Å². The van der Waals surface area contributed by atoms with Crippen molar-refractivity contribution in [2.45, 2.75) is 39.2 Å². The number of aromatic nitrogens is 2. The summed E-state index contributed by atoms with van der Waals surface area (Å²) in [5.74, 6) is 1.84. The summed E-state index contributed by atoms with van der Waals surface area (Å²) in [5.41, 5.74) is 3.78. The molecule has 19 heavy (non-hydrogen) atoms. The summed E-state index contributed by atoms with van der Waals surface area (Å²) < 4.78 is 2.24. The maximum atomic E-state index is 4.82. The second-order valence-electron chi connectivity index (χ2n) is 6.08. The summed E-state index contributed by atoms with van der Waals surface area (Å²) >= 11 is 0. The van der Waals surface area contributed by atoms with Gasteiger partial charge in [-0.25, -0.2) is 4.98 Å². The fourth-order valence-electron chi connectivity index (χ4n) is 3.00. The Labute approximate surface area is 115 Å². The highest BCUT2D eigenvalue weighted by molar-refractivity contribution is 5.77. The van der Waals surface area contributed by atoms with Gasteiger partial charge in [-0.3, -0.25) is 0 Å². The second-order valence-corrected chi connectivity index (χ2v) is 6.08. The molecule has 102 valence electrons. The van der Waals surface area contributed by atoms with Gasteiger partial charge in [-0.1, -0.05) is 19.9 Å². The van der Waals surface area contributed by atoms with Gasteiger partial charge in [0.05, 0.1) is 11.0 Å². The number of nitrogens with one attached hydrogen (secondary N) is 1. The number of imidazole rings is 1. The van der Waals surface area contributed by atoms with Crippen molar-refractivity contribution in [3.63, 3.8) is 0 Å². The lowest BCUT2D eigenvalue weighted by Gasteiger charge is -2.10. The molecule has 1 saturated heterocycles. The Kier molecular flexibility index (Phi) is 3.31. The molecule has 1 aliphatic heterocycles. The van der Waals surface area contributed by atoms with Crippen LogP contribution in [0.15, 0.2) is 18.2 Å². The highest BCUT2D eigenvalue weighted by atomic mass is 15.1. The monoisotopic (exact) mass is 257 g/mol. The normalized spacial score (nSPS) is 19.7. The maximum absolute atomic E-state index is 4.82. The highest BCUT2D eigenvalue weighted by Gasteiger charge is 2.17. The van der Waals surface area contributed by atoms with Crippen LogP contribution in [0.2, 0.25) is 0 Å². The zero-order valence-electron chi connectivity index (χ0n) is 12.1. The van der Waals surface area contributed by atoms with Crippen molar-refractivity contribution in [3.8, 4) is 0 Å². The maximum Gasteiger partial charge on any atom is 0.109 e. The van der Waals surface area contributed by atoms with Crippen molar-refractivity contribution in [1.29, 1.82) is 0 Å². The van der Waals surface area contributed by atoms with Gasteiger partial charge in [0.25, 0.3) is 0 Å². The van der Waals surface area contributed by atoms with Gasteiger partial charge in [0.1, 0.15) is 5.82 Å². The van der Waals surface area contributed by atoms with Crippen LogP contribution < -0.4 is 5.32 Å². The van der Waals surface area contributed by atoms with Crippen molar-refractivity contribution in [2.75, 3.05) is 6.54 Å². The largest absolute Gasteiger partial charge is 0.331 e. The molecule has 0 radical (unpaired) electrons. The minimum absolute atomic E-state index is 0.528. The molecule has 0 aliphatic carbocycles. The Bertz CT molecular complexity index is 577. The molecule has 1 aromatic carbocycles. The van der Waals surface area contributed by atoms with Crippen LogP contribution >= 0.6 is 0 Å². The van der Waals surface area contributed by atoms with Gasteiger partial charge >= 0.3 is 0 Å². The fraction of sp³-hybridized carbons (Fsp3) is 0.562. The topological polar surface area (TPSA) is 29.9 Å². The van der Waals surface area contributed by atoms with E-state index in [0.29, 0.717) is 12.0 Å². The summed E-state index contributed by atoms with van der Waals surface area (Å²) in [5, 5.41) is 3.56. The van der Waals surface area contributed by atoms with Crippen molar-refractivity contribution in [1.82, 2.24) is 14.9 Å². The minimum atomic E-state index is 0.528. The molecule has 1 N–H and O–H groups in total. The molecule has 1 aliphatic rings. The first-order valence-electron chi connectivity index (χ1n) is 7.34. The van der Waals surface area contributed by atoms with Gasteiger partial charge in [0.15, 0.2) is 0 Å². The Morgan fingerprint density at radius 1 is 1.42 bits per heavy atom. The number of rotatable bonds is 3. The van der Waals surface area contributed by atoms with Crippen LogP contribution in [0, 0.1) is 5.92 Å². The van der Waals surface area contributed by atoms with E-state index in [0.717, 1.165) is 18.5 Å². The zero-order valence-corrected chi connectivity index (χ0v) is 12.1. The van der Waals surface area contributed by atoms with E-state index in [9.17, 15) is 0 Å². The van der Waals surface area contributed by atoms with E-state index in [2.05, 4.69) is 49.0 Å². The average molecular weight is 257 g/mol. The van der Waals surface area contributed by atoms with Crippen molar-refractivity contribution in [2.24, 2.45) is 13.0 Å². The van der Waals surface area contributed by atoms with E-state index in [1.54, 1.807) is 0 Å². The van der Waals surface area contributed by atoms with Crippen molar-refractivity contribution < 1.29 is 0 Å². The number of nitrogens with zero attached hydrogens (tertiary/aromatic N) is 2. The van der Waals surface area contributed by atoms with Gasteiger partial charge in [-0.2, -0.15) is 0 Å². The molecule has 3 nitrogen and oxygen atoms in total. The average Bonchev–Trinajstić information content (AvgIpc) is 2.98. The van der Waals surface area contributed by atoms with Crippen LogP contribution in [-0.4, -0.2) is 16.1 Å². The van der Waals surface area contributed by atoms with Crippen molar-refractivity contribution in [3.05, 3.63) is 29.6 Å². The molecule has 3 heteroatoms. The van der Waals surface area contributed by atoms with E-state index in [4.69, 9.17) is 4.98 Å². The van der Waals surface area contributed by atoms with E-state index in [-0.39, 0.29) is 0 Å². The van der Waals surface area contributed by atoms with Crippen LogP contribution in [0.25, 0.3) is 11.0 Å². The third-order valence-corrected chi connectivity index (χ3v) is 4.05. The number of fused-ring (bicyclic) bond motifs is 1. The first kappa shape index (κ1) is 12.7.